The molecule has 0 aliphatic carbocycles. The van der Waals surface area contributed by atoms with Gasteiger partial charge in [0.05, 0.1) is 19.0 Å². The number of hydrogen-bond donors (Lipinski definition) is 1. The lowest BCUT2D eigenvalue weighted by atomic mass is 10.2. The zero-order chi connectivity index (χ0) is 16.8. The van der Waals surface area contributed by atoms with Gasteiger partial charge in [-0.15, -0.1) is 11.3 Å². The molecular formula is C17H24N4O2S. The van der Waals surface area contributed by atoms with E-state index in [9.17, 15) is 4.79 Å². The lowest BCUT2D eigenvalue weighted by Crippen LogP contribution is -2.47. The van der Waals surface area contributed by atoms with Crippen LogP contribution in [0, 0.1) is 0 Å². The van der Waals surface area contributed by atoms with E-state index < -0.39 is 0 Å². The van der Waals surface area contributed by atoms with Crippen LogP contribution in [0.25, 0.3) is 0 Å². The first-order valence-electron chi connectivity index (χ1n) is 8.36. The zero-order valence-corrected chi connectivity index (χ0v) is 14.7. The molecule has 2 aromatic rings. The SMILES string of the molecule is C[C@@H](Cn1ccnc1)NC(=O)N(Cc1cccs1)C[C@@H]1CCCO1. The molecule has 130 valence electrons. The van der Waals surface area contributed by atoms with Gasteiger partial charge in [0.25, 0.3) is 0 Å². The minimum absolute atomic E-state index is 0.0297. The lowest BCUT2D eigenvalue weighted by molar-refractivity contribution is 0.0791. The van der Waals surface area contributed by atoms with Gasteiger partial charge in [0.15, 0.2) is 0 Å². The van der Waals surface area contributed by atoms with Crippen molar-refractivity contribution in [3.8, 4) is 0 Å². The highest BCUT2D eigenvalue weighted by Gasteiger charge is 2.23. The molecule has 2 amide bonds. The smallest absolute Gasteiger partial charge is 0.318 e. The zero-order valence-electron chi connectivity index (χ0n) is 13.9. The molecule has 6 nitrogen and oxygen atoms in total. The van der Waals surface area contributed by atoms with Gasteiger partial charge in [0.1, 0.15) is 0 Å². The van der Waals surface area contributed by atoms with E-state index in [2.05, 4.69) is 16.4 Å². The summed E-state index contributed by atoms with van der Waals surface area (Å²) in [7, 11) is 0. The minimum Gasteiger partial charge on any atom is -0.376 e. The number of rotatable bonds is 7. The normalized spacial score (nSPS) is 18.5. The number of nitrogens with zero attached hydrogens (tertiary/aromatic N) is 3. The molecule has 0 saturated carbocycles. The van der Waals surface area contributed by atoms with E-state index in [4.69, 9.17) is 4.74 Å². The van der Waals surface area contributed by atoms with E-state index in [0.717, 1.165) is 19.4 Å². The van der Waals surface area contributed by atoms with Crippen LogP contribution >= 0.6 is 11.3 Å². The van der Waals surface area contributed by atoms with Crippen LogP contribution in [0.4, 0.5) is 4.79 Å². The second-order valence-corrected chi connectivity index (χ2v) is 7.24. The molecule has 0 bridgehead atoms. The largest absolute Gasteiger partial charge is 0.376 e. The Labute approximate surface area is 146 Å². The minimum atomic E-state index is -0.0356. The first kappa shape index (κ1) is 17.0. The lowest BCUT2D eigenvalue weighted by Gasteiger charge is -2.27. The van der Waals surface area contributed by atoms with Gasteiger partial charge in [0, 0.05) is 43.0 Å². The molecule has 3 rings (SSSR count). The van der Waals surface area contributed by atoms with Gasteiger partial charge in [-0.1, -0.05) is 6.07 Å². The first-order chi connectivity index (χ1) is 11.7. The number of ether oxygens (including phenoxy) is 1. The maximum atomic E-state index is 12.7. The summed E-state index contributed by atoms with van der Waals surface area (Å²) in [6, 6.07) is 4.08. The first-order valence-corrected chi connectivity index (χ1v) is 9.24. The summed E-state index contributed by atoms with van der Waals surface area (Å²) in [6.07, 6.45) is 7.67. The van der Waals surface area contributed by atoms with Gasteiger partial charge in [-0.3, -0.25) is 0 Å². The maximum absolute atomic E-state index is 12.7. The molecule has 0 aromatic carbocycles. The van der Waals surface area contributed by atoms with Crippen molar-refractivity contribution in [3.05, 3.63) is 41.1 Å². The van der Waals surface area contributed by atoms with Gasteiger partial charge in [-0.2, -0.15) is 0 Å². The fourth-order valence-electron chi connectivity index (χ4n) is 2.90. The van der Waals surface area contributed by atoms with E-state index in [-0.39, 0.29) is 18.2 Å². The Morgan fingerprint density at radius 3 is 3.21 bits per heavy atom. The molecule has 0 spiro atoms. The Balaban J connectivity index is 1.58. The van der Waals surface area contributed by atoms with Crippen molar-refractivity contribution in [1.82, 2.24) is 19.8 Å². The van der Waals surface area contributed by atoms with Crippen LogP contribution in [-0.4, -0.2) is 45.8 Å². The van der Waals surface area contributed by atoms with Crippen molar-refractivity contribution in [2.75, 3.05) is 13.2 Å². The molecule has 24 heavy (non-hydrogen) atoms. The van der Waals surface area contributed by atoms with Crippen LogP contribution < -0.4 is 5.32 Å². The van der Waals surface area contributed by atoms with Crippen LogP contribution in [0.1, 0.15) is 24.6 Å². The van der Waals surface area contributed by atoms with E-state index >= 15 is 0 Å². The monoisotopic (exact) mass is 348 g/mol. The molecule has 7 heteroatoms. The van der Waals surface area contributed by atoms with Crippen LogP contribution in [0.3, 0.4) is 0 Å². The number of aromatic nitrogens is 2. The maximum Gasteiger partial charge on any atom is 0.318 e. The van der Waals surface area contributed by atoms with Crippen molar-refractivity contribution in [2.45, 2.75) is 45.0 Å². The van der Waals surface area contributed by atoms with E-state index in [1.165, 1.54) is 4.88 Å². The summed E-state index contributed by atoms with van der Waals surface area (Å²) in [6.45, 7) is 4.78. The van der Waals surface area contributed by atoms with Gasteiger partial charge in [0.2, 0.25) is 0 Å². The van der Waals surface area contributed by atoms with Crippen LogP contribution in [0.2, 0.25) is 0 Å². The Bertz CT molecular complexity index is 609. The Hall–Kier alpha value is -1.86. The molecule has 0 radical (unpaired) electrons. The fraction of sp³-hybridized carbons (Fsp3) is 0.529. The van der Waals surface area contributed by atoms with E-state index in [0.29, 0.717) is 19.6 Å². The number of carbonyl (C=O) groups excluding carboxylic acids is 1. The third-order valence-electron chi connectivity index (χ3n) is 4.08. The number of carbonyl (C=O) groups is 1. The quantitative estimate of drug-likeness (QED) is 0.837. The summed E-state index contributed by atoms with van der Waals surface area (Å²) in [5.41, 5.74) is 0. The number of thiophene rings is 1. The second-order valence-electron chi connectivity index (χ2n) is 6.20. The van der Waals surface area contributed by atoms with Crippen molar-refractivity contribution >= 4 is 17.4 Å². The van der Waals surface area contributed by atoms with Crippen molar-refractivity contribution in [1.29, 1.82) is 0 Å². The van der Waals surface area contributed by atoms with Crippen LogP contribution in [-0.2, 0) is 17.8 Å². The van der Waals surface area contributed by atoms with Crippen molar-refractivity contribution in [2.24, 2.45) is 0 Å². The average Bonchev–Trinajstić information content (AvgIpc) is 3.30. The van der Waals surface area contributed by atoms with Crippen molar-refractivity contribution < 1.29 is 9.53 Å². The molecule has 1 fully saturated rings. The number of hydrogen-bond acceptors (Lipinski definition) is 4. The third kappa shape index (κ3) is 4.82. The second kappa shape index (κ2) is 8.30. The van der Waals surface area contributed by atoms with Crippen LogP contribution in [0.5, 0.6) is 0 Å². The third-order valence-corrected chi connectivity index (χ3v) is 4.94. The highest BCUT2D eigenvalue weighted by atomic mass is 32.1. The van der Waals surface area contributed by atoms with Gasteiger partial charge in [-0.05, 0) is 31.2 Å². The summed E-state index contributed by atoms with van der Waals surface area (Å²) in [4.78, 5) is 19.8. The summed E-state index contributed by atoms with van der Waals surface area (Å²) >= 11 is 1.67. The fourth-order valence-corrected chi connectivity index (χ4v) is 3.62. The molecular weight excluding hydrogens is 324 g/mol. The Morgan fingerprint density at radius 1 is 1.62 bits per heavy atom. The predicted octanol–water partition coefficient (Wildman–Crippen LogP) is 2.72. The molecule has 1 saturated heterocycles. The molecule has 2 atom stereocenters. The van der Waals surface area contributed by atoms with Crippen molar-refractivity contribution in [3.63, 3.8) is 0 Å². The van der Waals surface area contributed by atoms with Gasteiger partial charge >= 0.3 is 6.03 Å². The van der Waals surface area contributed by atoms with Gasteiger partial charge in [-0.25, -0.2) is 9.78 Å². The highest BCUT2D eigenvalue weighted by molar-refractivity contribution is 7.09. The number of imidazole rings is 1. The predicted molar refractivity (Wildman–Crippen MR) is 93.9 cm³/mol. The molecule has 1 N–H and O–H groups in total. The molecule has 0 unspecified atom stereocenters. The summed E-state index contributed by atoms with van der Waals surface area (Å²) in [5.74, 6) is 0. The summed E-state index contributed by atoms with van der Waals surface area (Å²) in [5, 5.41) is 5.13. The summed E-state index contributed by atoms with van der Waals surface area (Å²) < 4.78 is 7.68. The Kier molecular flexibility index (Phi) is 5.87. The molecule has 2 aromatic heterocycles. The van der Waals surface area contributed by atoms with Crippen LogP contribution in [0.15, 0.2) is 36.2 Å². The molecule has 3 heterocycles. The number of nitrogens with one attached hydrogen (secondary N) is 1. The number of amides is 2. The van der Waals surface area contributed by atoms with Gasteiger partial charge < -0.3 is 19.5 Å². The average molecular weight is 348 g/mol. The highest BCUT2D eigenvalue weighted by Crippen LogP contribution is 2.17. The van der Waals surface area contributed by atoms with E-state index in [1.54, 1.807) is 23.9 Å². The number of urea groups is 1. The standard InChI is InChI=1S/C17H24N4O2S/c1-14(10-20-7-6-18-13-20)19-17(22)21(11-15-4-2-8-23-15)12-16-5-3-9-24-16/h3,5-7,9,13-15H,2,4,8,10-12H2,1H3,(H,19,22)/t14-,15-/m0/s1. The Morgan fingerprint density at radius 2 is 2.54 bits per heavy atom. The topological polar surface area (TPSA) is 59.4 Å². The van der Waals surface area contributed by atoms with E-state index in [1.807, 2.05) is 34.0 Å². The molecule has 1 aliphatic heterocycles. The molecule has 1 aliphatic rings.